The lowest BCUT2D eigenvalue weighted by Gasteiger charge is -2.04. The number of aromatic nitrogens is 6. The lowest BCUT2D eigenvalue weighted by molar-refractivity contribution is 0.475. The van der Waals surface area contributed by atoms with Gasteiger partial charge in [0.25, 0.3) is 0 Å². The van der Waals surface area contributed by atoms with E-state index in [0.717, 1.165) is 11.4 Å². The molecule has 21 heavy (non-hydrogen) atoms. The summed E-state index contributed by atoms with van der Waals surface area (Å²) in [5.41, 5.74) is 1.55. The zero-order valence-corrected chi connectivity index (χ0v) is 12.2. The number of tetrazole rings is 1. The van der Waals surface area contributed by atoms with Crippen LogP contribution in [0, 0.1) is 0 Å². The van der Waals surface area contributed by atoms with E-state index in [1.807, 2.05) is 0 Å². The molecule has 3 aromatic rings. The van der Waals surface area contributed by atoms with Gasteiger partial charge in [0.15, 0.2) is 5.15 Å². The van der Waals surface area contributed by atoms with Crippen LogP contribution in [-0.4, -0.2) is 35.5 Å². The zero-order chi connectivity index (χ0) is 14.7. The van der Waals surface area contributed by atoms with Crippen LogP contribution in [0.1, 0.15) is 5.69 Å². The molecule has 0 saturated heterocycles. The SMILES string of the molecule is Oc1ccc(-n2nnnc2SCc2ccc(Cl)nn2)cc1. The van der Waals surface area contributed by atoms with Crippen molar-refractivity contribution >= 4 is 23.4 Å². The highest BCUT2D eigenvalue weighted by Crippen LogP contribution is 2.22. The molecule has 2 aromatic heterocycles. The van der Waals surface area contributed by atoms with Crippen LogP contribution in [0.15, 0.2) is 41.6 Å². The Hall–Kier alpha value is -2.19. The number of nitrogens with zero attached hydrogens (tertiary/aromatic N) is 6. The van der Waals surface area contributed by atoms with Crippen LogP contribution in [-0.2, 0) is 5.75 Å². The van der Waals surface area contributed by atoms with E-state index < -0.39 is 0 Å². The zero-order valence-electron chi connectivity index (χ0n) is 10.6. The first kappa shape index (κ1) is 13.8. The Morgan fingerprint density at radius 3 is 2.57 bits per heavy atom. The number of hydrogen-bond donors (Lipinski definition) is 1. The monoisotopic (exact) mass is 320 g/mol. The fourth-order valence-electron chi connectivity index (χ4n) is 1.58. The van der Waals surface area contributed by atoms with Gasteiger partial charge in [0.05, 0.1) is 11.4 Å². The maximum absolute atomic E-state index is 9.31. The predicted molar refractivity (Wildman–Crippen MR) is 77.4 cm³/mol. The first-order valence-electron chi connectivity index (χ1n) is 5.91. The predicted octanol–water partition coefficient (Wildman–Crippen LogP) is 2.10. The number of rotatable bonds is 4. The van der Waals surface area contributed by atoms with Crippen LogP contribution in [0.5, 0.6) is 5.75 Å². The number of phenolic OH excluding ortho intramolecular Hbond substituents is 1. The van der Waals surface area contributed by atoms with Gasteiger partial charge in [-0.25, -0.2) is 0 Å². The Balaban J connectivity index is 1.76. The summed E-state index contributed by atoms with van der Waals surface area (Å²) in [5.74, 6) is 0.764. The van der Waals surface area contributed by atoms with Gasteiger partial charge in [0.1, 0.15) is 5.75 Å². The highest BCUT2D eigenvalue weighted by atomic mass is 35.5. The van der Waals surface area contributed by atoms with Gasteiger partial charge < -0.3 is 5.11 Å². The quantitative estimate of drug-likeness (QED) is 0.736. The van der Waals surface area contributed by atoms with E-state index in [1.165, 1.54) is 11.8 Å². The van der Waals surface area contributed by atoms with Gasteiger partial charge >= 0.3 is 0 Å². The molecule has 106 valence electrons. The third kappa shape index (κ3) is 3.29. The minimum absolute atomic E-state index is 0.192. The normalized spacial score (nSPS) is 10.7. The summed E-state index contributed by atoms with van der Waals surface area (Å²) in [6, 6.07) is 10.1. The van der Waals surface area contributed by atoms with Crippen molar-refractivity contribution < 1.29 is 5.11 Å². The summed E-state index contributed by atoms with van der Waals surface area (Å²) < 4.78 is 1.59. The standard InChI is InChI=1S/C12H9ClN6OS/c13-11-6-1-8(14-15-11)7-21-12-16-17-18-19(12)9-2-4-10(20)5-3-9/h1-6,20H,7H2. The van der Waals surface area contributed by atoms with Crippen molar-refractivity contribution in [2.75, 3.05) is 0 Å². The molecule has 0 aliphatic carbocycles. The molecular weight excluding hydrogens is 312 g/mol. The van der Waals surface area contributed by atoms with E-state index in [9.17, 15) is 5.11 Å². The van der Waals surface area contributed by atoms with Crippen LogP contribution in [0.3, 0.4) is 0 Å². The third-order valence-corrected chi connectivity index (χ3v) is 3.73. The number of benzene rings is 1. The topological polar surface area (TPSA) is 89.6 Å². The summed E-state index contributed by atoms with van der Waals surface area (Å²) in [6.07, 6.45) is 0. The number of aromatic hydroxyl groups is 1. The number of halogens is 1. The Morgan fingerprint density at radius 1 is 1.05 bits per heavy atom. The van der Waals surface area contributed by atoms with Gasteiger partial charge in [-0.3, -0.25) is 0 Å². The van der Waals surface area contributed by atoms with Crippen molar-refractivity contribution in [3.05, 3.63) is 47.2 Å². The summed E-state index contributed by atoms with van der Waals surface area (Å²) in [7, 11) is 0. The molecule has 0 aliphatic heterocycles. The summed E-state index contributed by atoms with van der Waals surface area (Å²) >= 11 is 7.12. The molecule has 3 rings (SSSR count). The molecule has 1 aromatic carbocycles. The molecule has 9 heteroatoms. The maximum Gasteiger partial charge on any atom is 0.214 e. The minimum Gasteiger partial charge on any atom is -0.508 e. The molecule has 0 aliphatic rings. The summed E-state index contributed by atoms with van der Waals surface area (Å²) in [4.78, 5) is 0. The van der Waals surface area contributed by atoms with Crippen LogP contribution in [0.25, 0.3) is 5.69 Å². The number of phenols is 1. The third-order valence-electron chi connectivity index (χ3n) is 2.57. The number of hydrogen-bond acceptors (Lipinski definition) is 7. The molecule has 0 unspecified atom stereocenters. The largest absolute Gasteiger partial charge is 0.508 e. The smallest absolute Gasteiger partial charge is 0.214 e. The second-order valence-electron chi connectivity index (χ2n) is 4.03. The molecule has 0 saturated carbocycles. The van der Waals surface area contributed by atoms with Gasteiger partial charge in [0, 0.05) is 5.75 Å². The fourth-order valence-corrected chi connectivity index (χ4v) is 2.47. The second kappa shape index (κ2) is 6.06. The van der Waals surface area contributed by atoms with E-state index in [4.69, 9.17) is 11.6 Å². The van der Waals surface area contributed by atoms with E-state index in [-0.39, 0.29) is 5.75 Å². The van der Waals surface area contributed by atoms with Crippen LogP contribution in [0.2, 0.25) is 5.15 Å². The van der Waals surface area contributed by atoms with E-state index in [2.05, 4.69) is 25.7 Å². The van der Waals surface area contributed by atoms with E-state index >= 15 is 0 Å². The first-order chi connectivity index (χ1) is 10.2. The Labute approximate surface area is 129 Å². The second-order valence-corrected chi connectivity index (χ2v) is 5.36. The first-order valence-corrected chi connectivity index (χ1v) is 7.27. The van der Waals surface area contributed by atoms with Crippen LogP contribution < -0.4 is 0 Å². The Kier molecular flexibility index (Phi) is 3.98. The van der Waals surface area contributed by atoms with Crippen molar-refractivity contribution in [2.24, 2.45) is 0 Å². The van der Waals surface area contributed by atoms with Crippen molar-refractivity contribution in [3.63, 3.8) is 0 Å². The molecule has 0 fully saturated rings. The van der Waals surface area contributed by atoms with Crippen molar-refractivity contribution in [3.8, 4) is 11.4 Å². The molecule has 0 radical (unpaired) electrons. The summed E-state index contributed by atoms with van der Waals surface area (Å²) in [5, 5.41) is 29.6. The Bertz CT molecular complexity index is 730. The highest BCUT2D eigenvalue weighted by Gasteiger charge is 2.10. The van der Waals surface area contributed by atoms with Crippen LogP contribution in [0.4, 0.5) is 0 Å². The van der Waals surface area contributed by atoms with E-state index in [0.29, 0.717) is 16.1 Å². The molecule has 0 spiro atoms. The fraction of sp³-hybridized carbons (Fsp3) is 0.0833. The number of thioether (sulfide) groups is 1. The molecule has 0 atom stereocenters. The lowest BCUT2D eigenvalue weighted by atomic mass is 10.3. The average molecular weight is 321 g/mol. The van der Waals surface area contributed by atoms with Crippen molar-refractivity contribution in [1.82, 2.24) is 30.4 Å². The van der Waals surface area contributed by atoms with Gasteiger partial charge in [-0.05, 0) is 46.8 Å². The van der Waals surface area contributed by atoms with Crippen molar-refractivity contribution in [1.29, 1.82) is 0 Å². The molecule has 0 bridgehead atoms. The molecule has 7 nitrogen and oxygen atoms in total. The maximum atomic E-state index is 9.31. The van der Waals surface area contributed by atoms with Crippen LogP contribution >= 0.6 is 23.4 Å². The minimum atomic E-state index is 0.192. The average Bonchev–Trinajstić information content (AvgIpc) is 2.96. The van der Waals surface area contributed by atoms with E-state index in [1.54, 1.807) is 41.1 Å². The van der Waals surface area contributed by atoms with Gasteiger partial charge in [-0.2, -0.15) is 9.78 Å². The lowest BCUT2D eigenvalue weighted by Crippen LogP contribution is -1.99. The molecular formula is C12H9ClN6OS. The molecule has 2 heterocycles. The highest BCUT2D eigenvalue weighted by molar-refractivity contribution is 7.98. The van der Waals surface area contributed by atoms with Gasteiger partial charge in [0.2, 0.25) is 5.16 Å². The summed E-state index contributed by atoms with van der Waals surface area (Å²) in [6.45, 7) is 0. The van der Waals surface area contributed by atoms with Gasteiger partial charge in [-0.1, -0.05) is 23.4 Å². The van der Waals surface area contributed by atoms with Gasteiger partial charge in [-0.15, -0.1) is 10.2 Å². The van der Waals surface area contributed by atoms with Crippen molar-refractivity contribution in [2.45, 2.75) is 10.9 Å². The molecule has 0 amide bonds. The molecule has 1 N–H and O–H groups in total. The Morgan fingerprint density at radius 2 is 1.86 bits per heavy atom.